The topological polar surface area (TPSA) is 64.3 Å². The van der Waals surface area contributed by atoms with Crippen LogP contribution >= 0.6 is 0 Å². The average Bonchev–Trinajstić information content (AvgIpc) is 2.46. The molecule has 5 heteroatoms. The number of imidazole rings is 1. The zero-order valence-electron chi connectivity index (χ0n) is 7.23. The summed E-state index contributed by atoms with van der Waals surface area (Å²) >= 11 is 0. The summed E-state index contributed by atoms with van der Waals surface area (Å²) in [6.07, 6.45) is 1.45. The number of aromatic nitrogens is 2. The molecule has 1 aromatic heterocycles. The van der Waals surface area contributed by atoms with Crippen LogP contribution in [0.4, 0.5) is 0 Å². The Morgan fingerprint density at radius 3 is 3.31 bits per heavy atom. The van der Waals surface area contributed by atoms with Crippen LogP contribution in [-0.4, -0.2) is 27.2 Å². The molecule has 1 N–H and O–H groups in total. The lowest BCUT2D eigenvalue weighted by Crippen LogP contribution is -2.25. The SMILES string of the molecule is CC1COc2cnc(C(=O)O)n2C1. The zero-order chi connectivity index (χ0) is 9.42. The monoisotopic (exact) mass is 182 g/mol. The predicted octanol–water partition coefficient (Wildman–Crippen LogP) is 0.610. The standard InChI is InChI=1S/C8H10N2O3/c1-5-3-10-6(13-4-5)2-9-7(10)8(11)12/h2,5H,3-4H2,1H3,(H,11,12). The number of hydrogen-bond donors (Lipinski definition) is 1. The highest BCUT2D eigenvalue weighted by atomic mass is 16.5. The molecule has 0 fully saturated rings. The van der Waals surface area contributed by atoms with Crippen molar-refractivity contribution in [1.82, 2.24) is 9.55 Å². The van der Waals surface area contributed by atoms with E-state index >= 15 is 0 Å². The molecule has 0 spiro atoms. The Hall–Kier alpha value is -1.52. The summed E-state index contributed by atoms with van der Waals surface area (Å²) in [4.78, 5) is 14.5. The van der Waals surface area contributed by atoms with Crippen molar-refractivity contribution in [2.45, 2.75) is 13.5 Å². The molecule has 1 atom stereocenters. The van der Waals surface area contributed by atoms with Crippen LogP contribution in [0.15, 0.2) is 6.20 Å². The molecule has 0 radical (unpaired) electrons. The van der Waals surface area contributed by atoms with Crippen molar-refractivity contribution < 1.29 is 14.6 Å². The van der Waals surface area contributed by atoms with Gasteiger partial charge in [-0.05, 0) is 0 Å². The maximum absolute atomic E-state index is 10.7. The molecule has 2 heterocycles. The van der Waals surface area contributed by atoms with Gasteiger partial charge in [-0.1, -0.05) is 6.92 Å². The fraction of sp³-hybridized carbons (Fsp3) is 0.500. The molecule has 1 aliphatic heterocycles. The number of hydrogen-bond acceptors (Lipinski definition) is 3. The Morgan fingerprint density at radius 2 is 2.62 bits per heavy atom. The number of rotatable bonds is 1. The Labute approximate surface area is 75.0 Å². The minimum absolute atomic E-state index is 0.0570. The number of ether oxygens (including phenoxy) is 1. The molecule has 0 saturated carbocycles. The molecule has 1 aliphatic rings. The number of carboxylic acid groups (broad SMARTS) is 1. The van der Waals surface area contributed by atoms with Gasteiger partial charge in [0.1, 0.15) is 0 Å². The molecule has 0 amide bonds. The number of fused-ring (bicyclic) bond motifs is 1. The van der Waals surface area contributed by atoms with Gasteiger partial charge in [-0.3, -0.25) is 4.57 Å². The van der Waals surface area contributed by atoms with Crippen molar-refractivity contribution in [1.29, 1.82) is 0 Å². The van der Waals surface area contributed by atoms with Gasteiger partial charge in [0.25, 0.3) is 0 Å². The second kappa shape index (κ2) is 2.76. The summed E-state index contributed by atoms with van der Waals surface area (Å²) in [6.45, 7) is 3.30. The van der Waals surface area contributed by atoms with Crippen LogP contribution in [0.3, 0.4) is 0 Å². The van der Waals surface area contributed by atoms with Crippen molar-refractivity contribution in [3.63, 3.8) is 0 Å². The van der Waals surface area contributed by atoms with Gasteiger partial charge in [0.2, 0.25) is 11.7 Å². The Bertz CT molecular complexity index is 345. The van der Waals surface area contributed by atoms with Crippen LogP contribution < -0.4 is 4.74 Å². The second-order valence-electron chi connectivity index (χ2n) is 3.25. The lowest BCUT2D eigenvalue weighted by atomic mass is 10.2. The van der Waals surface area contributed by atoms with Crippen LogP contribution in [-0.2, 0) is 6.54 Å². The number of carbonyl (C=O) groups is 1. The van der Waals surface area contributed by atoms with Gasteiger partial charge in [-0.25, -0.2) is 9.78 Å². The third-order valence-corrected chi connectivity index (χ3v) is 2.02. The average molecular weight is 182 g/mol. The largest absolute Gasteiger partial charge is 0.477 e. The zero-order valence-corrected chi connectivity index (χ0v) is 7.23. The molecule has 1 aromatic rings. The maximum atomic E-state index is 10.7. The van der Waals surface area contributed by atoms with Crippen LogP contribution in [0.25, 0.3) is 0 Å². The van der Waals surface area contributed by atoms with Crippen molar-refractivity contribution in [2.24, 2.45) is 5.92 Å². The summed E-state index contributed by atoms with van der Waals surface area (Å²) in [5.41, 5.74) is 0. The van der Waals surface area contributed by atoms with Crippen LogP contribution in [0.2, 0.25) is 0 Å². The van der Waals surface area contributed by atoms with E-state index in [0.29, 0.717) is 24.9 Å². The smallest absolute Gasteiger partial charge is 0.372 e. The van der Waals surface area contributed by atoms with Gasteiger partial charge in [-0.15, -0.1) is 0 Å². The fourth-order valence-corrected chi connectivity index (χ4v) is 1.41. The van der Waals surface area contributed by atoms with Gasteiger partial charge < -0.3 is 9.84 Å². The lowest BCUT2D eigenvalue weighted by Gasteiger charge is -2.21. The van der Waals surface area contributed by atoms with Crippen molar-refractivity contribution in [3.05, 3.63) is 12.0 Å². The van der Waals surface area contributed by atoms with Gasteiger partial charge >= 0.3 is 5.97 Å². The first-order valence-electron chi connectivity index (χ1n) is 4.10. The number of aromatic carboxylic acids is 1. The molecule has 1 unspecified atom stereocenters. The van der Waals surface area contributed by atoms with E-state index < -0.39 is 5.97 Å². The Balaban J connectivity index is 2.41. The molecular weight excluding hydrogens is 172 g/mol. The minimum atomic E-state index is -1.01. The van der Waals surface area contributed by atoms with Crippen molar-refractivity contribution in [2.75, 3.05) is 6.61 Å². The highest BCUT2D eigenvalue weighted by Gasteiger charge is 2.22. The number of nitrogens with zero attached hydrogens (tertiary/aromatic N) is 2. The molecule has 0 bridgehead atoms. The van der Waals surface area contributed by atoms with E-state index in [2.05, 4.69) is 4.98 Å². The third kappa shape index (κ3) is 1.26. The minimum Gasteiger partial charge on any atom is -0.477 e. The summed E-state index contributed by atoms with van der Waals surface area (Å²) in [7, 11) is 0. The summed E-state index contributed by atoms with van der Waals surface area (Å²) < 4.78 is 6.90. The maximum Gasteiger partial charge on any atom is 0.372 e. The van der Waals surface area contributed by atoms with E-state index in [1.807, 2.05) is 6.92 Å². The second-order valence-corrected chi connectivity index (χ2v) is 3.25. The summed E-state index contributed by atoms with van der Waals surface area (Å²) in [5, 5.41) is 8.78. The highest BCUT2D eigenvalue weighted by Crippen LogP contribution is 2.21. The molecule has 0 aromatic carbocycles. The van der Waals surface area contributed by atoms with E-state index in [1.54, 1.807) is 4.57 Å². The van der Waals surface area contributed by atoms with Gasteiger partial charge in [0.05, 0.1) is 12.8 Å². The van der Waals surface area contributed by atoms with Crippen LogP contribution in [0, 0.1) is 5.92 Å². The van der Waals surface area contributed by atoms with Gasteiger partial charge in [-0.2, -0.15) is 0 Å². The molecule has 2 rings (SSSR count). The molecule has 0 aliphatic carbocycles. The van der Waals surface area contributed by atoms with Gasteiger partial charge in [0, 0.05) is 12.5 Å². The Morgan fingerprint density at radius 1 is 1.85 bits per heavy atom. The van der Waals surface area contributed by atoms with Crippen LogP contribution in [0.5, 0.6) is 5.88 Å². The van der Waals surface area contributed by atoms with Crippen molar-refractivity contribution in [3.8, 4) is 5.88 Å². The highest BCUT2D eigenvalue weighted by molar-refractivity contribution is 5.83. The normalized spacial score (nSPS) is 20.5. The molecule has 0 saturated heterocycles. The van der Waals surface area contributed by atoms with Gasteiger partial charge in [0.15, 0.2) is 0 Å². The molecule has 13 heavy (non-hydrogen) atoms. The quantitative estimate of drug-likeness (QED) is 0.691. The first-order chi connectivity index (χ1) is 6.18. The predicted molar refractivity (Wildman–Crippen MR) is 43.8 cm³/mol. The fourth-order valence-electron chi connectivity index (χ4n) is 1.41. The third-order valence-electron chi connectivity index (χ3n) is 2.02. The molecular formula is C8H10N2O3. The van der Waals surface area contributed by atoms with E-state index in [-0.39, 0.29) is 5.82 Å². The van der Waals surface area contributed by atoms with E-state index in [1.165, 1.54) is 6.20 Å². The number of carboxylic acids is 1. The lowest BCUT2D eigenvalue weighted by molar-refractivity contribution is 0.0669. The van der Waals surface area contributed by atoms with Crippen molar-refractivity contribution >= 4 is 5.97 Å². The summed E-state index contributed by atoms with van der Waals surface area (Å²) in [5.74, 6) is -0.0687. The first kappa shape index (κ1) is 8.10. The summed E-state index contributed by atoms with van der Waals surface area (Å²) in [6, 6.07) is 0. The van der Waals surface area contributed by atoms with E-state index in [9.17, 15) is 4.79 Å². The first-order valence-corrected chi connectivity index (χ1v) is 4.10. The van der Waals surface area contributed by atoms with E-state index in [0.717, 1.165) is 0 Å². The van der Waals surface area contributed by atoms with E-state index in [4.69, 9.17) is 9.84 Å². The Kier molecular flexibility index (Phi) is 1.72. The van der Waals surface area contributed by atoms with Crippen LogP contribution in [0.1, 0.15) is 17.5 Å². The molecule has 70 valence electrons. The molecule has 5 nitrogen and oxygen atoms in total.